The minimum absolute atomic E-state index is 0.260. The second-order valence-corrected chi connectivity index (χ2v) is 6.21. The highest BCUT2D eigenvalue weighted by Gasteiger charge is 2.55. The van der Waals surface area contributed by atoms with Crippen LogP contribution in [0.25, 0.3) is 5.53 Å². The van der Waals surface area contributed by atoms with Crippen LogP contribution in [0.2, 0.25) is 0 Å². The number of methoxy groups -OCH3 is 1. The van der Waals surface area contributed by atoms with E-state index in [0.29, 0.717) is 0 Å². The van der Waals surface area contributed by atoms with Gasteiger partial charge in [0, 0.05) is 13.5 Å². The fraction of sp³-hybridized carbons (Fsp3) is 0.412. The monoisotopic (exact) mass is 344 g/mol. The van der Waals surface area contributed by atoms with E-state index in [1.165, 1.54) is 9.80 Å². The first kappa shape index (κ1) is 18.4. The van der Waals surface area contributed by atoms with Crippen LogP contribution in [0, 0.1) is 0 Å². The third-order valence-electron chi connectivity index (χ3n) is 4.51. The molecule has 132 valence electrons. The van der Waals surface area contributed by atoms with Crippen LogP contribution in [0.3, 0.4) is 0 Å². The van der Waals surface area contributed by atoms with Crippen LogP contribution in [0.5, 0.6) is 0 Å². The molecule has 1 heterocycles. The zero-order valence-electron chi connectivity index (χ0n) is 14.6. The second-order valence-electron chi connectivity index (χ2n) is 6.21. The van der Waals surface area contributed by atoms with Crippen molar-refractivity contribution in [1.29, 1.82) is 0 Å². The van der Waals surface area contributed by atoms with Crippen molar-refractivity contribution >= 4 is 23.5 Å². The standard InChI is InChI=1S/C17H20N4O4/c1-17(2)20(3)14(22)12(10-11-8-6-5-7-9-11)21(17)15(23)13(19-18)16(24)25-4/h5-9,12H,10H2,1-4H3/t12-/m0/s1. The van der Waals surface area contributed by atoms with Crippen LogP contribution >= 0.6 is 0 Å². The van der Waals surface area contributed by atoms with Crippen molar-refractivity contribution in [2.45, 2.75) is 32.0 Å². The molecule has 0 bridgehead atoms. The largest absolute Gasteiger partial charge is 0.463 e. The van der Waals surface area contributed by atoms with Gasteiger partial charge in [-0.15, -0.1) is 0 Å². The van der Waals surface area contributed by atoms with Gasteiger partial charge in [0.05, 0.1) is 7.11 Å². The maximum absolute atomic E-state index is 12.8. The summed E-state index contributed by atoms with van der Waals surface area (Å²) in [5.74, 6) is -2.19. The average Bonchev–Trinajstić information content (AvgIpc) is 2.76. The Balaban J connectivity index is 2.45. The van der Waals surface area contributed by atoms with Crippen LogP contribution in [-0.2, 0) is 25.5 Å². The van der Waals surface area contributed by atoms with E-state index in [2.05, 4.69) is 9.53 Å². The molecule has 1 fully saturated rings. The number of hydrogen-bond acceptors (Lipinski definition) is 4. The number of rotatable bonds is 4. The van der Waals surface area contributed by atoms with Gasteiger partial charge < -0.3 is 15.2 Å². The molecule has 1 atom stereocenters. The molecule has 25 heavy (non-hydrogen) atoms. The number of amides is 2. The van der Waals surface area contributed by atoms with Gasteiger partial charge in [0.25, 0.3) is 0 Å². The van der Waals surface area contributed by atoms with Gasteiger partial charge >= 0.3 is 17.6 Å². The third-order valence-corrected chi connectivity index (χ3v) is 4.51. The number of carbonyl (C=O) groups excluding carboxylic acids is 3. The number of ether oxygens (including phenoxy) is 1. The molecule has 2 amide bonds. The van der Waals surface area contributed by atoms with Gasteiger partial charge in [-0.05, 0) is 19.4 Å². The molecule has 2 rings (SSSR count). The van der Waals surface area contributed by atoms with Crippen LogP contribution in [0.15, 0.2) is 30.3 Å². The SMILES string of the molecule is COC(=O)C(=[N+]=[N-])C(=O)N1[C@@H](Cc2ccccc2)C(=O)N(C)C1(C)C. The number of nitrogens with zero attached hydrogens (tertiary/aromatic N) is 4. The predicted molar refractivity (Wildman–Crippen MR) is 88.3 cm³/mol. The molecule has 0 radical (unpaired) electrons. The van der Waals surface area contributed by atoms with E-state index in [9.17, 15) is 14.4 Å². The molecule has 0 aromatic heterocycles. The van der Waals surface area contributed by atoms with Gasteiger partial charge in [0.15, 0.2) is 0 Å². The van der Waals surface area contributed by atoms with E-state index in [1.54, 1.807) is 20.9 Å². The molecular weight excluding hydrogens is 324 g/mol. The molecule has 0 saturated carbocycles. The lowest BCUT2D eigenvalue weighted by molar-refractivity contribution is -0.145. The van der Waals surface area contributed by atoms with E-state index < -0.39 is 29.3 Å². The van der Waals surface area contributed by atoms with Gasteiger partial charge in [-0.2, -0.15) is 4.79 Å². The van der Waals surface area contributed by atoms with E-state index in [0.717, 1.165) is 12.7 Å². The first-order valence-corrected chi connectivity index (χ1v) is 7.71. The lowest BCUT2D eigenvalue weighted by Crippen LogP contribution is -2.55. The van der Waals surface area contributed by atoms with Crippen molar-refractivity contribution in [2.75, 3.05) is 14.2 Å². The number of likely N-dealkylation sites (N-methyl/N-ethyl adjacent to an activating group) is 1. The number of benzene rings is 1. The van der Waals surface area contributed by atoms with Gasteiger partial charge in [0.2, 0.25) is 5.91 Å². The molecule has 1 aliphatic heterocycles. The average molecular weight is 344 g/mol. The summed E-state index contributed by atoms with van der Waals surface area (Å²) in [5.41, 5.74) is 8.17. The van der Waals surface area contributed by atoms with Crippen molar-refractivity contribution in [3.05, 3.63) is 41.4 Å². The summed E-state index contributed by atoms with van der Waals surface area (Å²) < 4.78 is 4.48. The van der Waals surface area contributed by atoms with E-state index in [1.807, 2.05) is 30.3 Å². The Labute approximate surface area is 145 Å². The first-order valence-electron chi connectivity index (χ1n) is 7.71. The summed E-state index contributed by atoms with van der Waals surface area (Å²) >= 11 is 0. The minimum atomic E-state index is -1.07. The smallest absolute Gasteiger partial charge is 0.460 e. The van der Waals surface area contributed by atoms with E-state index in [4.69, 9.17) is 5.53 Å². The Morgan fingerprint density at radius 2 is 1.88 bits per heavy atom. The fourth-order valence-corrected chi connectivity index (χ4v) is 2.93. The third kappa shape index (κ3) is 3.16. The van der Waals surface area contributed by atoms with Crippen LogP contribution in [-0.4, -0.2) is 63.9 Å². The molecule has 1 saturated heterocycles. The summed E-state index contributed by atoms with van der Waals surface area (Å²) in [6.07, 6.45) is 0.277. The summed E-state index contributed by atoms with van der Waals surface area (Å²) in [7, 11) is 2.66. The van der Waals surface area contributed by atoms with Crippen molar-refractivity contribution < 1.29 is 23.9 Å². The van der Waals surface area contributed by atoms with Gasteiger partial charge in [-0.3, -0.25) is 14.5 Å². The number of esters is 1. The molecule has 0 spiro atoms. The topological polar surface area (TPSA) is 103 Å². The summed E-state index contributed by atoms with van der Waals surface area (Å²) in [6.45, 7) is 3.36. The van der Waals surface area contributed by atoms with Gasteiger partial charge in [0.1, 0.15) is 11.7 Å². The Bertz CT molecular complexity index is 753. The quantitative estimate of drug-likeness (QED) is 0.260. The van der Waals surface area contributed by atoms with Crippen molar-refractivity contribution in [3.8, 4) is 0 Å². The summed E-state index contributed by atoms with van der Waals surface area (Å²) in [6, 6.07) is 8.41. The summed E-state index contributed by atoms with van der Waals surface area (Å²) in [5, 5.41) is 0. The molecule has 1 aromatic carbocycles. The molecule has 1 aromatic rings. The predicted octanol–water partition coefficient (Wildman–Crippen LogP) is 0.478. The first-order chi connectivity index (χ1) is 11.8. The van der Waals surface area contributed by atoms with E-state index >= 15 is 0 Å². The zero-order valence-corrected chi connectivity index (χ0v) is 14.6. The van der Waals surface area contributed by atoms with Crippen LogP contribution < -0.4 is 0 Å². The molecule has 1 aliphatic rings. The highest BCUT2D eigenvalue weighted by molar-refractivity contribution is 6.62. The lowest BCUT2D eigenvalue weighted by Gasteiger charge is -2.35. The number of hydrogen-bond donors (Lipinski definition) is 0. The second kappa shape index (κ2) is 6.86. The number of carbonyl (C=O) groups is 3. The molecule has 0 N–H and O–H groups in total. The zero-order chi connectivity index (χ0) is 18.8. The van der Waals surface area contributed by atoms with Crippen molar-refractivity contribution in [3.63, 3.8) is 0 Å². The Hall–Kier alpha value is -2.99. The fourth-order valence-electron chi connectivity index (χ4n) is 2.93. The molecule has 8 nitrogen and oxygen atoms in total. The van der Waals surface area contributed by atoms with E-state index in [-0.39, 0.29) is 12.3 Å². The summed E-state index contributed by atoms with van der Waals surface area (Å²) in [4.78, 5) is 42.7. The molecule has 8 heteroatoms. The minimum Gasteiger partial charge on any atom is -0.460 e. The maximum Gasteiger partial charge on any atom is 0.463 e. The highest BCUT2D eigenvalue weighted by atomic mass is 16.5. The van der Waals surface area contributed by atoms with Gasteiger partial charge in [-0.25, -0.2) is 4.79 Å². The molecular formula is C17H20N4O4. The van der Waals surface area contributed by atoms with Crippen molar-refractivity contribution in [1.82, 2.24) is 9.80 Å². The molecule has 0 unspecified atom stereocenters. The highest BCUT2D eigenvalue weighted by Crippen LogP contribution is 2.32. The maximum atomic E-state index is 12.8. The Kier molecular flexibility index (Phi) is 5.04. The lowest BCUT2D eigenvalue weighted by atomic mass is 10.0. The molecule has 0 aliphatic carbocycles. The van der Waals surface area contributed by atoms with Gasteiger partial charge in [-0.1, -0.05) is 30.3 Å². The van der Waals surface area contributed by atoms with Crippen LogP contribution in [0.4, 0.5) is 0 Å². The normalized spacial score (nSPS) is 18.7. The Morgan fingerprint density at radius 1 is 1.28 bits per heavy atom. The Morgan fingerprint density at radius 3 is 2.40 bits per heavy atom. The van der Waals surface area contributed by atoms with Crippen molar-refractivity contribution in [2.24, 2.45) is 0 Å². The van der Waals surface area contributed by atoms with Crippen LogP contribution in [0.1, 0.15) is 19.4 Å².